The third-order valence-corrected chi connectivity index (χ3v) is 2.00. The molecule has 0 bridgehead atoms. The molecule has 13 heavy (non-hydrogen) atoms. The quantitative estimate of drug-likeness (QED) is 0.679. The zero-order chi connectivity index (χ0) is 9.42. The number of nitrogens with one attached hydrogen (secondary N) is 1. The Hall–Kier alpha value is -1.65. The minimum absolute atomic E-state index is 0.155. The molecule has 2 rings (SSSR count). The van der Waals surface area contributed by atoms with Gasteiger partial charge in [0, 0.05) is 13.5 Å². The van der Waals surface area contributed by atoms with Gasteiger partial charge in [0.15, 0.2) is 5.65 Å². The summed E-state index contributed by atoms with van der Waals surface area (Å²) < 4.78 is 1.48. The van der Waals surface area contributed by atoms with E-state index in [9.17, 15) is 4.79 Å². The van der Waals surface area contributed by atoms with Crippen molar-refractivity contribution in [3.63, 3.8) is 0 Å². The van der Waals surface area contributed by atoms with Gasteiger partial charge in [-0.05, 0) is 0 Å². The Morgan fingerprint density at radius 1 is 1.62 bits per heavy atom. The average Bonchev–Trinajstić information content (AvgIpc) is 2.43. The first-order valence-corrected chi connectivity index (χ1v) is 4.13. The van der Waals surface area contributed by atoms with Crippen LogP contribution in [-0.4, -0.2) is 19.5 Å². The fourth-order valence-corrected chi connectivity index (χ4v) is 1.22. The molecule has 0 spiro atoms. The summed E-state index contributed by atoms with van der Waals surface area (Å²) in [6.07, 6.45) is 2.41. The van der Waals surface area contributed by atoms with Crippen molar-refractivity contribution >= 4 is 11.2 Å². The molecule has 5 nitrogen and oxygen atoms in total. The van der Waals surface area contributed by atoms with Gasteiger partial charge in [-0.3, -0.25) is 4.57 Å². The van der Waals surface area contributed by atoms with Crippen LogP contribution in [-0.2, 0) is 13.5 Å². The zero-order valence-corrected chi connectivity index (χ0v) is 7.53. The molecular weight excluding hydrogens is 168 g/mol. The van der Waals surface area contributed by atoms with E-state index in [-0.39, 0.29) is 5.69 Å². The minimum Gasteiger partial charge on any atom is -0.303 e. The highest BCUT2D eigenvalue weighted by atomic mass is 16.1. The molecule has 0 aliphatic carbocycles. The second-order valence-corrected chi connectivity index (χ2v) is 2.87. The number of imidazole rings is 1. The van der Waals surface area contributed by atoms with Crippen LogP contribution in [0.25, 0.3) is 11.2 Å². The van der Waals surface area contributed by atoms with Crippen LogP contribution in [0.5, 0.6) is 0 Å². The number of aryl methyl sites for hydroxylation is 2. The van der Waals surface area contributed by atoms with E-state index >= 15 is 0 Å². The van der Waals surface area contributed by atoms with Crippen LogP contribution in [0.15, 0.2) is 11.0 Å². The van der Waals surface area contributed by atoms with Crippen molar-refractivity contribution in [3.8, 4) is 0 Å². The van der Waals surface area contributed by atoms with E-state index in [4.69, 9.17) is 0 Å². The molecule has 0 radical (unpaired) electrons. The summed E-state index contributed by atoms with van der Waals surface area (Å²) >= 11 is 0. The lowest BCUT2D eigenvalue weighted by Crippen LogP contribution is -2.12. The Labute approximate surface area is 74.4 Å². The van der Waals surface area contributed by atoms with Crippen molar-refractivity contribution < 1.29 is 0 Å². The molecule has 68 valence electrons. The molecule has 0 fully saturated rings. The number of nitrogens with zero attached hydrogens (tertiary/aromatic N) is 3. The fourth-order valence-electron chi connectivity index (χ4n) is 1.22. The van der Waals surface area contributed by atoms with Crippen LogP contribution in [0, 0.1) is 0 Å². The highest BCUT2D eigenvalue weighted by molar-refractivity contribution is 5.69. The fraction of sp³-hybridized carbons (Fsp3) is 0.375. The number of fused-ring (bicyclic) bond motifs is 1. The zero-order valence-electron chi connectivity index (χ0n) is 7.53. The van der Waals surface area contributed by atoms with E-state index in [1.54, 1.807) is 13.2 Å². The lowest BCUT2D eigenvalue weighted by Gasteiger charge is -1.95. The van der Waals surface area contributed by atoms with Gasteiger partial charge in [0.2, 0.25) is 0 Å². The van der Waals surface area contributed by atoms with Gasteiger partial charge >= 0.3 is 5.69 Å². The van der Waals surface area contributed by atoms with Gasteiger partial charge in [-0.15, -0.1) is 0 Å². The van der Waals surface area contributed by atoms with Crippen molar-refractivity contribution in [1.82, 2.24) is 19.5 Å². The Morgan fingerprint density at radius 3 is 3.08 bits per heavy atom. The molecule has 1 N–H and O–H groups in total. The molecule has 5 heteroatoms. The van der Waals surface area contributed by atoms with Gasteiger partial charge in [0.25, 0.3) is 0 Å². The lowest BCUT2D eigenvalue weighted by molar-refractivity contribution is 0.863. The lowest BCUT2D eigenvalue weighted by atomic mass is 10.4. The number of aromatic amines is 1. The largest absolute Gasteiger partial charge is 0.327 e. The number of aromatic nitrogens is 4. The van der Waals surface area contributed by atoms with Crippen molar-refractivity contribution in [3.05, 3.63) is 22.5 Å². The van der Waals surface area contributed by atoms with Crippen molar-refractivity contribution in [2.45, 2.75) is 13.3 Å². The molecule has 0 amide bonds. The van der Waals surface area contributed by atoms with Crippen molar-refractivity contribution in [1.29, 1.82) is 0 Å². The van der Waals surface area contributed by atoms with E-state index in [1.807, 2.05) is 6.92 Å². The average molecular weight is 178 g/mol. The van der Waals surface area contributed by atoms with E-state index in [0.717, 1.165) is 12.2 Å². The molecule has 0 unspecified atom stereocenters. The molecule has 2 aromatic rings. The maximum Gasteiger partial charge on any atom is 0.327 e. The van der Waals surface area contributed by atoms with Crippen LogP contribution >= 0.6 is 0 Å². The van der Waals surface area contributed by atoms with Crippen molar-refractivity contribution in [2.24, 2.45) is 7.05 Å². The van der Waals surface area contributed by atoms with Crippen LogP contribution < -0.4 is 5.69 Å². The SMILES string of the molecule is CCc1ncc2[nH]c(=O)n(C)c2n1. The predicted molar refractivity (Wildman–Crippen MR) is 48.5 cm³/mol. The predicted octanol–water partition coefficient (Wildman–Crippen LogP) is 0.219. The summed E-state index contributed by atoms with van der Waals surface area (Å²) in [7, 11) is 1.69. The van der Waals surface area contributed by atoms with E-state index < -0.39 is 0 Å². The van der Waals surface area contributed by atoms with E-state index in [2.05, 4.69) is 15.0 Å². The molecule has 0 saturated carbocycles. The second-order valence-electron chi connectivity index (χ2n) is 2.87. The van der Waals surface area contributed by atoms with E-state index in [0.29, 0.717) is 11.2 Å². The molecule has 2 aromatic heterocycles. The number of hydrogen-bond donors (Lipinski definition) is 1. The Kier molecular flexibility index (Phi) is 1.65. The highest BCUT2D eigenvalue weighted by Gasteiger charge is 2.04. The number of H-pyrrole nitrogens is 1. The first-order valence-electron chi connectivity index (χ1n) is 4.13. The molecule has 0 aliphatic heterocycles. The summed E-state index contributed by atoms with van der Waals surface area (Å²) in [5.74, 6) is 0.752. The Balaban J connectivity index is 2.82. The molecule has 0 aliphatic rings. The highest BCUT2D eigenvalue weighted by Crippen LogP contribution is 2.04. The first-order chi connectivity index (χ1) is 6.22. The Morgan fingerprint density at radius 2 is 2.38 bits per heavy atom. The van der Waals surface area contributed by atoms with Crippen LogP contribution in [0.1, 0.15) is 12.7 Å². The molecule has 0 aromatic carbocycles. The maximum atomic E-state index is 11.2. The van der Waals surface area contributed by atoms with Crippen LogP contribution in [0.3, 0.4) is 0 Å². The van der Waals surface area contributed by atoms with Gasteiger partial charge < -0.3 is 4.98 Å². The van der Waals surface area contributed by atoms with Gasteiger partial charge in [-0.25, -0.2) is 14.8 Å². The minimum atomic E-state index is -0.155. The summed E-state index contributed by atoms with van der Waals surface area (Å²) in [6.45, 7) is 1.98. The smallest absolute Gasteiger partial charge is 0.303 e. The third kappa shape index (κ3) is 1.12. The molecule has 2 heterocycles. The van der Waals surface area contributed by atoms with E-state index in [1.165, 1.54) is 4.57 Å². The third-order valence-electron chi connectivity index (χ3n) is 2.00. The monoisotopic (exact) mass is 178 g/mol. The summed E-state index contributed by atoms with van der Waals surface area (Å²) in [5.41, 5.74) is 1.19. The van der Waals surface area contributed by atoms with Gasteiger partial charge in [-0.2, -0.15) is 0 Å². The second kappa shape index (κ2) is 2.69. The molecular formula is C8H10N4O. The van der Waals surface area contributed by atoms with Crippen molar-refractivity contribution in [2.75, 3.05) is 0 Å². The van der Waals surface area contributed by atoms with Crippen LogP contribution in [0.2, 0.25) is 0 Å². The Bertz CT molecular complexity index is 496. The topological polar surface area (TPSA) is 63.6 Å². The summed E-state index contributed by atoms with van der Waals surface area (Å²) in [5, 5.41) is 0. The maximum absolute atomic E-state index is 11.2. The van der Waals surface area contributed by atoms with Gasteiger partial charge in [0.05, 0.1) is 6.20 Å². The molecule has 0 saturated heterocycles. The normalized spacial score (nSPS) is 10.9. The van der Waals surface area contributed by atoms with Crippen LogP contribution in [0.4, 0.5) is 0 Å². The first kappa shape index (κ1) is 7.97. The molecule has 0 atom stereocenters. The number of rotatable bonds is 1. The summed E-state index contributed by atoms with van der Waals surface area (Å²) in [4.78, 5) is 22.2. The number of hydrogen-bond acceptors (Lipinski definition) is 3. The summed E-state index contributed by atoms with van der Waals surface area (Å²) in [6, 6.07) is 0. The van der Waals surface area contributed by atoms with Gasteiger partial charge in [0.1, 0.15) is 11.3 Å². The standard InChI is InChI=1S/C8H10N4O/c1-3-6-9-4-5-7(11-6)12(2)8(13)10-5/h4H,3H2,1-2H3,(H,10,13). The van der Waals surface area contributed by atoms with Gasteiger partial charge in [-0.1, -0.05) is 6.92 Å².